The number of hydrogen-bond donors (Lipinski definition) is 1. The van der Waals surface area contributed by atoms with Crippen LogP contribution in [0.5, 0.6) is 0 Å². The second-order valence-electron chi connectivity index (χ2n) is 3.62. The van der Waals surface area contributed by atoms with Gasteiger partial charge in [-0.2, -0.15) is 0 Å². The van der Waals surface area contributed by atoms with Crippen molar-refractivity contribution in [2.45, 2.75) is 25.3 Å². The molecule has 1 saturated carbocycles. The van der Waals surface area contributed by atoms with E-state index in [0.29, 0.717) is 0 Å². The molecule has 0 spiro atoms. The van der Waals surface area contributed by atoms with Gasteiger partial charge in [0.15, 0.2) is 0 Å². The SMILES string of the molecule is O=C1N=CC=CC1C(=O)NC1CCC1. The lowest BCUT2D eigenvalue weighted by Gasteiger charge is -2.27. The summed E-state index contributed by atoms with van der Waals surface area (Å²) in [7, 11) is 0. The molecular weight excluding hydrogens is 180 g/mol. The summed E-state index contributed by atoms with van der Waals surface area (Å²) in [4.78, 5) is 26.3. The van der Waals surface area contributed by atoms with Crippen LogP contribution in [0.15, 0.2) is 17.1 Å². The van der Waals surface area contributed by atoms with E-state index in [1.807, 2.05) is 0 Å². The van der Waals surface area contributed by atoms with Crippen molar-refractivity contribution in [3.05, 3.63) is 12.2 Å². The van der Waals surface area contributed by atoms with Crippen molar-refractivity contribution in [2.24, 2.45) is 10.9 Å². The second kappa shape index (κ2) is 3.74. The first-order chi connectivity index (χ1) is 6.77. The second-order valence-corrected chi connectivity index (χ2v) is 3.62. The van der Waals surface area contributed by atoms with Crippen molar-refractivity contribution < 1.29 is 9.59 Å². The Kier molecular flexibility index (Phi) is 2.43. The summed E-state index contributed by atoms with van der Waals surface area (Å²) >= 11 is 0. The van der Waals surface area contributed by atoms with Gasteiger partial charge in [0.05, 0.1) is 0 Å². The van der Waals surface area contributed by atoms with Gasteiger partial charge < -0.3 is 5.32 Å². The first-order valence-electron chi connectivity index (χ1n) is 4.82. The van der Waals surface area contributed by atoms with Gasteiger partial charge in [-0.1, -0.05) is 6.08 Å². The number of carbonyl (C=O) groups is 2. The van der Waals surface area contributed by atoms with E-state index in [1.54, 1.807) is 12.2 Å². The monoisotopic (exact) mass is 192 g/mol. The fraction of sp³-hybridized carbons (Fsp3) is 0.500. The predicted molar refractivity (Wildman–Crippen MR) is 51.9 cm³/mol. The lowest BCUT2D eigenvalue weighted by atomic mass is 9.92. The van der Waals surface area contributed by atoms with E-state index in [0.717, 1.165) is 19.3 Å². The van der Waals surface area contributed by atoms with Gasteiger partial charge in [-0.3, -0.25) is 9.59 Å². The first kappa shape index (κ1) is 9.12. The van der Waals surface area contributed by atoms with Gasteiger partial charge in [0, 0.05) is 12.3 Å². The van der Waals surface area contributed by atoms with Gasteiger partial charge in [-0.25, -0.2) is 4.99 Å². The minimum Gasteiger partial charge on any atom is -0.352 e. The smallest absolute Gasteiger partial charge is 0.262 e. The van der Waals surface area contributed by atoms with Crippen molar-refractivity contribution in [1.29, 1.82) is 0 Å². The van der Waals surface area contributed by atoms with Gasteiger partial charge in [0.1, 0.15) is 5.92 Å². The van der Waals surface area contributed by atoms with Crippen molar-refractivity contribution in [2.75, 3.05) is 0 Å². The van der Waals surface area contributed by atoms with E-state index < -0.39 is 5.92 Å². The van der Waals surface area contributed by atoms with Gasteiger partial charge >= 0.3 is 0 Å². The lowest BCUT2D eigenvalue weighted by Crippen LogP contribution is -2.44. The van der Waals surface area contributed by atoms with E-state index in [4.69, 9.17) is 0 Å². The third kappa shape index (κ3) is 1.73. The highest BCUT2D eigenvalue weighted by atomic mass is 16.2. The molecule has 0 aromatic heterocycles. The number of dihydropyridines is 1. The molecule has 1 aliphatic carbocycles. The van der Waals surface area contributed by atoms with Crippen molar-refractivity contribution in [1.82, 2.24) is 5.32 Å². The van der Waals surface area contributed by atoms with Gasteiger partial charge in [0.25, 0.3) is 5.91 Å². The van der Waals surface area contributed by atoms with Gasteiger partial charge in [0.2, 0.25) is 5.91 Å². The summed E-state index contributed by atoms with van der Waals surface area (Å²) in [6.45, 7) is 0. The number of hydrogen-bond acceptors (Lipinski definition) is 2. The molecule has 2 aliphatic rings. The molecule has 2 amide bonds. The van der Waals surface area contributed by atoms with E-state index >= 15 is 0 Å². The first-order valence-corrected chi connectivity index (χ1v) is 4.82. The Morgan fingerprint density at radius 3 is 2.86 bits per heavy atom. The van der Waals surface area contributed by atoms with Crippen LogP contribution < -0.4 is 5.32 Å². The highest BCUT2D eigenvalue weighted by molar-refractivity contribution is 6.07. The topological polar surface area (TPSA) is 58.5 Å². The standard InChI is InChI=1S/C10H12N2O2/c13-9-8(5-2-6-11-9)10(14)12-7-3-1-4-7/h2,5-8H,1,3-4H2,(H,12,14). The molecule has 0 aromatic carbocycles. The number of allylic oxidation sites excluding steroid dienone is 1. The number of nitrogens with one attached hydrogen (secondary N) is 1. The van der Waals surface area contributed by atoms with E-state index in [9.17, 15) is 9.59 Å². The minimum atomic E-state index is -0.708. The molecule has 1 heterocycles. The molecule has 0 radical (unpaired) electrons. The average Bonchev–Trinajstić information content (AvgIpc) is 2.12. The van der Waals surface area contributed by atoms with Crippen LogP contribution in [-0.2, 0) is 9.59 Å². The quantitative estimate of drug-likeness (QED) is 0.645. The van der Waals surface area contributed by atoms with Crippen molar-refractivity contribution in [3.63, 3.8) is 0 Å². The van der Waals surface area contributed by atoms with Crippen LogP contribution >= 0.6 is 0 Å². The molecule has 1 fully saturated rings. The normalized spacial score (nSPS) is 26.0. The third-order valence-corrected chi connectivity index (χ3v) is 2.59. The number of rotatable bonds is 2. The lowest BCUT2D eigenvalue weighted by molar-refractivity contribution is -0.132. The molecule has 1 aliphatic heterocycles. The molecule has 74 valence electrons. The molecule has 0 saturated heterocycles. The molecule has 1 N–H and O–H groups in total. The van der Waals surface area contributed by atoms with Crippen molar-refractivity contribution in [3.8, 4) is 0 Å². The van der Waals surface area contributed by atoms with Crippen LogP contribution in [0.2, 0.25) is 0 Å². The maximum atomic E-state index is 11.6. The molecule has 1 atom stereocenters. The molecule has 0 bridgehead atoms. The average molecular weight is 192 g/mol. The molecule has 0 aromatic rings. The highest BCUT2D eigenvalue weighted by Crippen LogP contribution is 2.19. The third-order valence-electron chi connectivity index (χ3n) is 2.59. The molecular formula is C10H12N2O2. The molecule has 1 unspecified atom stereocenters. The van der Waals surface area contributed by atoms with Crippen LogP contribution in [-0.4, -0.2) is 24.1 Å². The van der Waals surface area contributed by atoms with Gasteiger partial charge in [-0.05, 0) is 25.3 Å². The van der Waals surface area contributed by atoms with Crippen LogP contribution in [0.25, 0.3) is 0 Å². The van der Waals surface area contributed by atoms with E-state index in [1.165, 1.54) is 6.21 Å². The Bertz CT molecular complexity index is 316. The summed E-state index contributed by atoms with van der Waals surface area (Å²) in [6.07, 6.45) is 7.85. The zero-order valence-corrected chi connectivity index (χ0v) is 7.77. The highest BCUT2D eigenvalue weighted by Gasteiger charge is 2.28. The summed E-state index contributed by atoms with van der Waals surface area (Å²) in [6, 6.07) is 0.273. The Balaban J connectivity index is 1.93. The fourth-order valence-electron chi connectivity index (χ4n) is 1.48. The zero-order chi connectivity index (χ0) is 9.97. The summed E-state index contributed by atoms with van der Waals surface area (Å²) in [5, 5.41) is 2.83. The number of nitrogens with zero attached hydrogens (tertiary/aromatic N) is 1. The largest absolute Gasteiger partial charge is 0.352 e. The summed E-state index contributed by atoms with van der Waals surface area (Å²) < 4.78 is 0. The van der Waals surface area contributed by atoms with E-state index in [2.05, 4.69) is 10.3 Å². The maximum Gasteiger partial charge on any atom is 0.262 e. The Hall–Kier alpha value is -1.45. The van der Waals surface area contributed by atoms with Crippen LogP contribution in [0.1, 0.15) is 19.3 Å². The maximum absolute atomic E-state index is 11.6. The van der Waals surface area contributed by atoms with Crippen LogP contribution in [0.4, 0.5) is 0 Å². The number of aliphatic imine (C=N–C) groups is 1. The van der Waals surface area contributed by atoms with Crippen molar-refractivity contribution >= 4 is 18.0 Å². The fourth-order valence-corrected chi connectivity index (χ4v) is 1.48. The minimum absolute atomic E-state index is 0.215. The summed E-state index contributed by atoms with van der Waals surface area (Å²) in [5.41, 5.74) is 0. The molecule has 2 rings (SSSR count). The molecule has 14 heavy (non-hydrogen) atoms. The zero-order valence-electron chi connectivity index (χ0n) is 7.77. The summed E-state index contributed by atoms with van der Waals surface area (Å²) in [5.74, 6) is -1.29. The number of carbonyl (C=O) groups excluding carboxylic acids is 2. The van der Waals surface area contributed by atoms with Crippen LogP contribution in [0.3, 0.4) is 0 Å². The molecule has 4 nitrogen and oxygen atoms in total. The predicted octanol–water partition coefficient (Wildman–Crippen LogP) is 0.438. The Labute approximate surface area is 82.1 Å². The number of amides is 2. The molecule has 4 heteroatoms. The Morgan fingerprint density at radius 1 is 1.50 bits per heavy atom. The van der Waals surface area contributed by atoms with Crippen LogP contribution in [0, 0.1) is 5.92 Å². The Morgan fingerprint density at radius 2 is 2.29 bits per heavy atom. The van der Waals surface area contributed by atoms with E-state index in [-0.39, 0.29) is 17.9 Å². The van der Waals surface area contributed by atoms with Gasteiger partial charge in [-0.15, -0.1) is 0 Å².